The molecule has 0 amide bonds. The Labute approximate surface area is 129 Å². The quantitative estimate of drug-likeness (QED) is 0.779. The van der Waals surface area contributed by atoms with Gasteiger partial charge < -0.3 is 14.4 Å². The van der Waals surface area contributed by atoms with Gasteiger partial charge in [0.25, 0.3) is 5.89 Å². The highest BCUT2D eigenvalue weighted by molar-refractivity contribution is 9.10. The zero-order valence-electron chi connectivity index (χ0n) is 11.1. The largest absolute Gasteiger partial charge is 0.508 e. The van der Waals surface area contributed by atoms with Gasteiger partial charge in [0.05, 0.1) is 12.7 Å². The van der Waals surface area contributed by atoms with Crippen molar-refractivity contribution in [2.45, 2.75) is 0 Å². The second kappa shape index (κ2) is 5.57. The number of hydrogen-bond donors (Lipinski definition) is 1. The molecule has 0 bridgehead atoms. The maximum Gasteiger partial charge on any atom is 0.262 e. The summed E-state index contributed by atoms with van der Waals surface area (Å²) >= 11 is 3.39. The van der Waals surface area contributed by atoms with Crippen LogP contribution in [-0.2, 0) is 0 Å². The Balaban J connectivity index is 2.00. The number of rotatable bonds is 3. The van der Waals surface area contributed by atoms with Crippen molar-refractivity contribution < 1.29 is 14.4 Å². The van der Waals surface area contributed by atoms with Gasteiger partial charge in [0.2, 0.25) is 5.82 Å². The van der Waals surface area contributed by atoms with E-state index in [1.54, 1.807) is 31.4 Å². The van der Waals surface area contributed by atoms with Gasteiger partial charge in [-0.2, -0.15) is 4.98 Å². The number of aromatic hydroxyl groups is 1. The summed E-state index contributed by atoms with van der Waals surface area (Å²) in [6.07, 6.45) is 0. The van der Waals surface area contributed by atoms with Crippen LogP contribution in [-0.4, -0.2) is 22.4 Å². The van der Waals surface area contributed by atoms with E-state index >= 15 is 0 Å². The van der Waals surface area contributed by atoms with Gasteiger partial charge in [0.15, 0.2) is 0 Å². The smallest absolute Gasteiger partial charge is 0.262 e. The third kappa shape index (κ3) is 2.75. The topological polar surface area (TPSA) is 68.4 Å². The van der Waals surface area contributed by atoms with Crippen LogP contribution < -0.4 is 4.74 Å². The summed E-state index contributed by atoms with van der Waals surface area (Å²) < 4.78 is 11.5. The minimum absolute atomic E-state index is 0.192. The van der Waals surface area contributed by atoms with E-state index < -0.39 is 0 Å². The standard InChI is InChI=1S/C15H11BrN2O3/c1-20-13-8-10(16)4-7-12(13)15-17-14(18-21-15)9-2-5-11(19)6-3-9/h2-8,19H,1H3. The van der Waals surface area contributed by atoms with E-state index in [1.165, 1.54) is 0 Å². The van der Waals surface area contributed by atoms with Gasteiger partial charge in [-0.05, 0) is 42.5 Å². The summed E-state index contributed by atoms with van der Waals surface area (Å²) in [6.45, 7) is 0. The van der Waals surface area contributed by atoms with Crippen LogP contribution in [0.15, 0.2) is 51.5 Å². The molecule has 0 atom stereocenters. The van der Waals surface area contributed by atoms with Gasteiger partial charge in [-0.1, -0.05) is 21.1 Å². The van der Waals surface area contributed by atoms with Crippen molar-refractivity contribution in [3.8, 4) is 34.3 Å². The molecule has 3 aromatic rings. The Morgan fingerprint density at radius 3 is 2.62 bits per heavy atom. The maximum atomic E-state index is 9.30. The first kappa shape index (κ1) is 13.6. The van der Waals surface area contributed by atoms with Gasteiger partial charge in [0.1, 0.15) is 11.5 Å². The molecule has 0 radical (unpaired) electrons. The minimum atomic E-state index is 0.192. The fourth-order valence-corrected chi connectivity index (χ4v) is 2.24. The van der Waals surface area contributed by atoms with Crippen LogP contribution in [0, 0.1) is 0 Å². The molecule has 3 rings (SSSR count). The second-order valence-corrected chi connectivity index (χ2v) is 5.23. The Morgan fingerprint density at radius 1 is 1.14 bits per heavy atom. The molecular formula is C15H11BrN2O3. The molecule has 0 saturated carbocycles. The fraction of sp³-hybridized carbons (Fsp3) is 0.0667. The number of ether oxygens (including phenoxy) is 1. The highest BCUT2D eigenvalue weighted by atomic mass is 79.9. The molecule has 0 spiro atoms. The van der Waals surface area contributed by atoms with Crippen molar-refractivity contribution in [2.24, 2.45) is 0 Å². The molecule has 0 unspecified atom stereocenters. The van der Waals surface area contributed by atoms with Crippen molar-refractivity contribution in [1.82, 2.24) is 10.1 Å². The van der Waals surface area contributed by atoms with Gasteiger partial charge in [-0.25, -0.2) is 0 Å². The molecule has 1 N–H and O–H groups in total. The van der Waals surface area contributed by atoms with Crippen LogP contribution in [0.4, 0.5) is 0 Å². The summed E-state index contributed by atoms with van der Waals surface area (Å²) in [5.41, 5.74) is 1.48. The number of phenols is 1. The molecule has 5 nitrogen and oxygen atoms in total. The van der Waals surface area contributed by atoms with Crippen LogP contribution in [0.1, 0.15) is 0 Å². The number of phenolic OH excluding ortho intramolecular Hbond substituents is 1. The SMILES string of the molecule is COc1cc(Br)ccc1-c1nc(-c2ccc(O)cc2)no1. The summed E-state index contributed by atoms with van der Waals surface area (Å²) in [6, 6.07) is 12.2. The van der Waals surface area contributed by atoms with E-state index in [-0.39, 0.29) is 5.75 Å². The van der Waals surface area contributed by atoms with E-state index in [0.29, 0.717) is 17.5 Å². The molecule has 6 heteroatoms. The molecule has 1 heterocycles. The van der Waals surface area contributed by atoms with Crippen LogP contribution in [0.25, 0.3) is 22.8 Å². The zero-order chi connectivity index (χ0) is 14.8. The first-order valence-corrected chi connectivity index (χ1v) is 6.93. The highest BCUT2D eigenvalue weighted by Gasteiger charge is 2.15. The number of aromatic nitrogens is 2. The van der Waals surface area contributed by atoms with Crippen molar-refractivity contribution in [2.75, 3.05) is 7.11 Å². The van der Waals surface area contributed by atoms with Crippen molar-refractivity contribution >= 4 is 15.9 Å². The highest BCUT2D eigenvalue weighted by Crippen LogP contribution is 2.32. The number of hydrogen-bond acceptors (Lipinski definition) is 5. The summed E-state index contributed by atoms with van der Waals surface area (Å²) in [4.78, 5) is 4.36. The maximum absolute atomic E-state index is 9.30. The molecule has 21 heavy (non-hydrogen) atoms. The lowest BCUT2D eigenvalue weighted by Gasteiger charge is -2.04. The summed E-state index contributed by atoms with van der Waals surface area (Å²) in [5, 5.41) is 13.3. The van der Waals surface area contributed by atoms with E-state index in [9.17, 15) is 5.11 Å². The molecule has 2 aromatic carbocycles. The van der Waals surface area contributed by atoms with Gasteiger partial charge in [0, 0.05) is 10.0 Å². The zero-order valence-corrected chi connectivity index (χ0v) is 12.7. The first-order valence-electron chi connectivity index (χ1n) is 6.14. The summed E-state index contributed by atoms with van der Waals surface area (Å²) in [7, 11) is 1.59. The van der Waals surface area contributed by atoms with Gasteiger partial charge in [-0.15, -0.1) is 0 Å². The van der Waals surface area contributed by atoms with Crippen molar-refractivity contribution in [3.63, 3.8) is 0 Å². The Hall–Kier alpha value is -2.34. The minimum Gasteiger partial charge on any atom is -0.508 e. The van der Waals surface area contributed by atoms with Crippen molar-refractivity contribution in [1.29, 1.82) is 0 Å². The molecule has 0 saturated heterocycles. The Kier molecular flexibility index (Phi) is 3.62. The van der Waals surface area contributed by atoms with Crippen LogP contribution >= 0.6 is 15.9 Å². The molecule has 0 aliphatic carbocycles. The van der Waals surface area contributed by atoms with Crippen molar-refractivity contribution in [3.05, 3.63) is 46.9 Å². The number of benzene rings is 2. The predicted octanol–water partition coefficient (Wildman–Crippen LogP) is 3.88. The Bertz CT molecular complexity index is 769. The third-order valence-corrected chi connectivity index (χ3v) is 3.44. The molecule has 0 aliphatic rings. The molecule has 0 fully saturated rings. The second-order valence-electron chi connectivity index (χ2n) is 4.31. The lowest BCUT2D eigenvalue weighted by Crippen LogP contribution is -1.88. The first-order chi connectivity index (χ1) is 10.2. The van der Waals surface area contributed by atoms with Gasteiger partial charge in [-0.3, -0.25) is 0 Å². The summed E-state index contributed by atoms with van der Waals surface area (Å²) in [5.74, 6) is 1.67. The fourth-order valence-electron chi connectivity index (χ4n) is 1.90. The van der Waals surface area contributed by atoms with E-state index in [0.717, 1.165) is 15.6 Å². The van der Waals surface area contributed by atoms with Gasteiger partial charge >= 0.3 is 0 Å². The van der Waals surface area contributed by atoms with E-state index in [4.69, 9.17) is 9.26 Å². The predicted molar refractivity (Wildman–Crippen MR) is 81.1 cm³/mol. The molecular weight excluding hydrogens is 336 g/mol. The van der Waals surface area contributed by atoms with Crippen LogP contribution in [0.3, 0.4) is 0 Å². The van der Waals surface area contributed by atoms with E-state index in [1.807, 2.05) is 18.2 Å². The average Bonchev–Trinajstić information content (AvgIpc) is 2.97. The van der Waals surface area contributed by atoms with E-state index in [2.05, 4.69) is 26.1 Å². The van der Waals surface area contributed by atoms with Crippen LogP contribution in [0.5, 0.6) is 11.5 Å². The number of methoxy groups -OCH3 is 1. The monoisotopic (exact) mass is 346 g/mol. The van der Waals surface area contributed by atoms with Crippen LogP contribution in [0.2, 0.25) is 0 Å². The molecule has 1 aromatic heterocycles. The molecule has 106 valence electrons. The number of halogens is 1. The number of nitrogens with zero attached hydrogens (tertiary/aromatic N) is 2. The molecule has 0 aliphatic heterocycles. The average molecular weight is 347 g/mol. The lowest BCUT2D eigenvalue weighted by molar-refractivity contribution is 0.405. The lowest BCUT2D eigenvalue weighted by atomic mass is 10.2. The normalized spacial score (nSPS) is 10.6. The Morgan fingerprint density at radius 2 is 1.90 bits per heavy atom. The third-order valence-electron chi connectivity index (χ3n) is 2.95.